The Bertz CT molecular complexity index is 710. The van der Waals surface area contributed by atoms with E-state index in [0.29, 0.717) is 12.6 Å². The maximum absolute atomic E-state index is 6.16. The van der Waals surface area contributed by atoms with E-state index >= 15 is 0 Å². The van der Waals surface area contributed by atoms with Gasteiger partial charge in [0.15, 0.2) is 0 Å². The Balaban J connectivity index is 0.00000196. The van der Waals surface area contributed by atoms with Gasteiger partial charge in [0.2, 0.25) is 0 Å². The zero-order chi connectivity index (χ0) is 17.1. The summed E-state index contributed by atoms with van der Waals surface area (Å²) in [6, 6.07) is 16.7. The van der Waals surface area contributed by atoms with Crippen molar-refractivity contribution < 1.29 is 14.2 Å². The van der Waals surface area contributed by atoms with Crippen molar-refractivity contribution in [1.29, 1.82) is 0 Å². The number of nitrogens with zero attached hydrogens (tertiary/aromatic N) is 1. The smallest absolute Gasteiger partial charge is 0.125 e. The number of ether oxygens (including phenoxy) is 3. The molecule has 2 aromatic rings. The molecule has 1 saturated heterocycles. The first-order chi connectivity index (χ1) is 12.3. The summed E-state index contributed by atoms with van der Waals surface area (Å²) in [5.41, 5.74) is 2.28. The maximum Gasteiger partial charge on any atom is 0.125 e. The van der Waals surface area contributed by atoms with Crippen molar-refractivity contribution >= 4 is 12.4 Å². The minimum atomic E-state index is 0. The van der Waals surface area contributed by atoms with Crippen LogP contribution < -0.4 is 9.47 Å². The minimum absolute atomic E-state index is 0. The number of likely N-dealkylation sites (N-methyl/N-ethyl adjacent to an activating group) is 1. The van der Waals surface area contributed by atoms with Gasteiger partial charge in [-0.1, -0.05) is 37.3 Å². The third-order valence-corrected chi connectivity index (χ3v) is 5.11. The van der Waals surface area contributed by atoms with Crippen LogP contribution in [0.3, 0.4) is 0 Å². The van der Waals surface area contributed by atoms with Crippen LogP contribution in [0.5, 0.6) is 11.5 Å². The maximum atomic E-state index is 6.16. The van der Waals surface area contributed by atoms with Gasteiger partial charge in [-0.05, 0) is 36.7 Å². The molecule has 0 amide bonds. The fraction of sp³-hybridized carbons (Fsp3) is 0.429. The number of hydrogen-bond donors (Lipinski definition) is 0. The van der Waals surface area contributed by atoms with Gasteiger partial charge in [0.05, 0.1) is 13.2 Å². The van der Waals surface area contributed by atoms with E-state index < -0.39 is 0 Å². The summed E-state index contributed by atoms with van der Waals surface area (Å²) in [5.74, 6) is 1.79. The molecule has 0 bridgehead atoms. The summed E-state index contributed by atoms with van der Waals surface area (Å²) in [6.45, 7) is 6.33. The lowest BCUT2D eigenvalue weighted by atomic mass is 9.97. The second kappa shape index (κ2) is 8.76. The average Bonchev–Trinajstić information content (AvgIpc) is 2.86. The number of benzene rings is 2. The molecule has 0 saturated carbocycles. The lowest BCUT2D eigenvalue weighted by Gasteiger charge is -2.39. The molecule has 140 valence electrons. The molecule has 0 N–H and O–H groups in total. The Morgan fingerprint density at radius 3 is 2.77 bits per heavy atom. The predicted octanol–water partition coefficient (Wildman–Crippen LogP) is 4.23. The number of fused-ring (bicyclic) bond motifs is 3. The molecule has 0 unspecified atom stereocenters. The fourth-order valence-electron chi connectivity index (χ4n) is 3.79. The zero-order valence-electron chi connectivity index (χ0n) is 15.1. The molecule has 0 radical (unpaired) electrons. The molecule has 4 rings (SSSR count). The number of hydrogen-bond acceptors (Lipinski definition) is 4. The van der Waals surface area contributed by atoms with Crippen LogP contribution in [0.2, 0.25) is 0 Å². The van der Waals surface area contributed by atoms with Crippen LogP contribution in [0.15, 0.2) is 48.5 Å². The van der Waals surface area contributed by atoms with Crippen LogP contribution in [0.1, 0.15) is 30.6 Å². The van der Waals surface area contributed by atoms with Crippen molar-refractivity contribution in [2.45, 2.75) is 32.1 Å². The number of halogens is 1. The van der Waals surface area contributed by atoms with Crippen molar-refractivity contribution in [3.8, 4) is 11.5 Å². The lowest BCUT2D eigenvalue weighted by Crippen LogP contribution is -2.46. The van der Waals surface area contributed by atoms with Gasteiger partial charge in [-0.2, -0.15) is 0 Å². The van der Waals surface area contributed by atoms with E-state index in [1.165, 1.54) is 0 Å². The van der Waals surface area contributed by atoms with Crippen molar-refractivity contribution in [3.05, 3.63) is 59.7 Å². The standard InChI is InChI=1S/C21H25NO3.ClH/c1-2-22-11-13-24-21-18-14-17(25-15-16-6-4-3-5-7-16)8-9-20(18)23-12-10-19(21)22;/h3-9,14,19,21H,2,10-13,15H2,1H3;1H/t19-,21-;/m1./s1. The van der Waals surface area contributed by atoms with Crippen molar-refractivity contribution in [1.82, 2.24) is 4.90 Å². The Labute approximate surface area is 161 Å². The van der Waals surface area contributed by atoms with Gasteiger partial charge < -0.3 is 14.2 Å². The highest BCUT2D eigenvalue weighted by Gasteiger charge is 2.36. The molecule has 2 heterocycles. The van der Waals surface area contributed by atoms with Gasteiger partial charge >= 0.3 is 0 Å². The van der Waals surface area contributed by atoms with Crippen LogP contribution in [0.4, 0.5) is 0 Å². The Morgan fingerprint density at radius 2 is 1.96 bits per heavy atom. The molecule has 26 heavy (non-hydrogen) atoms. The van der Waals surface area contributed by atoms with Gasteiger partial charge in [0.1, 0.15) is 24.2 Å². The van der Waals surface area contributed by atoms with E-state index in [1.807, 2.05) is 30.3 Å². The molecule has 2 atom stereocenters. The van der Waals surface area contributed by atoms with Gasteiger partial charge in [0, 0.05) is 18.2 Å². The second-order valence-corrected chi connectivity index (χ2v) is 6.60. The summed E-state index contributed by atoms with van der Waals surface area (Å²) in [7, 11) is 0. The first-order valence-corrected chi connectivity index (χ1v) is 9.14. The minimum Gasteiger partial charge on any atom is -0.493 e. The van der Waals surface area contributed by atoms with Crippen molar-refractivity contribution in [2.24, 2.45) is 0 Å². The highest BCUT2D eigenvalue weighted by atomic mass is 35.5. The predicted molar refractivity (Wildman–Crippen MR) is 104 cm³/mol. The molecule has 2 aliphatic heterocycles. The SMILES string of the molecule is CCN1CCO[C@@H]2c3cc(OCc4ccccc4)ccc3OCC[C@H]21.Cl. The summed E-state index contributed by atoms with van der Waals surface area (Å²) in [5, 5.41) is 0. The summed E-state index contributed by atoms with van der Waals surface area (Å²) in [6.07, 6.45) is 1.05. The average molecular weight is 376 g/mol. The van der Waals surface area contributed by atoms with Crippen LogP contribution in [-0.4, -0.2) is 37.2 Å². The van der Waals surface area contributed by atoms with Crippen LogP contribution in [0, 0.1) is 0 Å². The van der Waals surface area contributed by atoms with Gasteiger partial charge in [-0.15, -0.1) is 12.4 Å². The molecule has 4 nitrogen and oxygen atoms in total. The van der Waals surface area contributed by atoms with Crippen LogP contribution in [-0.2, 0) is 11.3 Å². The fourth-order valence-corrected chi connectivity index (χ4v) is 3.79. The molecule has 2 aliphatic rings. The van der Waals surface area contributed by atoms with Gasteiger partial charge in [-0.25, -0.2) is 0 Å². The quantitative estimate of drug-likeness (QED) is 0.800. The first kappa shape index (κ1) is 19.0. The van der Waals surface area contributed by atoms with E-state index in [4.69, 9.17) is 14.2 Å². The van der Waals surface area contributed by atoms with E-state index in [-0.39, 0.29) is 18.5 Å². The molecule has 1 fully saturated rings. The summed E-state index contributed by atoms with van der Waals surface area (Å²) >= 11 is 0. The van der Waals surface area contributed by atoms with E-state index in [9.17, 15) is 0 Å². The Hall–Kier alpha value is -1.75. The Kier molecular flexibility index (Phi) is 6.41. The number of rotatable bonds is 4. The van der Waals surface area contributed by atoms with Crippen LogP contribution >= 0.6 is 12.4 Å². The largest absolute Gasteiger partial charge is 0.493 e. The molecule has 2 aromatic carbocycles. The molecule has 0 aliphatic carbocycles. The third-order valence-electron chi connectivity index (χ3n) is 5.11. The topological polar surface area (TPSA) is 30.9 Å². The Morgan fingerprint density at radius 1 is 1.12 bits per heavy atom. The van der Waals surface area contributed by atoms with Crippen LogP contribution in [0.25, 0.3) is 0 Å². The van der Waals surface area contributed by atoms with E-state index in [1.54, 1.807) is 0 Å². The van der Waals surface area contributed by atoms with Crippen molar-refractivity contribution in [2.75, 3.05) is 26.3 Å². The third kappa shape index (κ3) is 3.98. The lowest BCUT2D eigenvalue weighted by molar-refractivity contribution is -0.0725. The monoisotopic (exact) mass is 375 g/mol. The number of morpholine rings is 1. The van der Waals surface area contributed by atoms with E-state index in [2.05, 4.69) is 30.0 Å². The van der Waals surface area contributed by atoms with Crippen molar-refractivity contribution in [3.63, 3.8) is 0 Å². The molecule has 0 aromatic heterocycles. The molecular formula is C21H26ClNO3. The normalized spacial score (nSPS) is 22.2. The van der Waals surface area contributed by atoms with Gasteiger partial charge in [-0.3, -0.25) is 4.90 Å². The van der Waals surface area contributed by atoms with Gasteiger partial charge in [0.25, 0.3) is 0 Å². The molecule has 5 heteroatoms. The van der Waals surface area contributed by atoms with E-state index in [0.717, 1.165) is 55.4 Å². The molecule has 0 spiro atoms. The first-order valence-electron chi connectivity index (χ1n) is 9.14. The zero-order valence-corrected chi connectivity index (χ0v) is 15.9. The highest BCUT2D eigenvalue weighted by molar-refractivity contribution is 5.85. The highest BCUT2D eigenvalue weighted by Crippen LogP contribution is 2.40. The summed E-state index contributed by atoms with van der Waals surface area (Å²) < 4.78 is 18.2. The summed E-state index contributed by atoms with van der Waals surface area (Å²) in [4.78, 5) is 2.50. The second-order valence-electron chi connectivity index (χ2n) is 6.60. The molecular weight excluding hydrogens is 350 g/mol.